The van der Waals surface area contributed by atoms with Gasteiger partial charge in [-0.3, -0.25) is 4.79 Å². The minimum absolute atomic E-state index is 0.140. The largest absolute Gasteiger partial charge is 0.444 e. The minimum Gasteiger partial charge on any atom is -0.444 e. The van der Waals surface area contributed by atoms with E-state index < -0.39 is 5.60 Å². The van der Waals surface area contributed by atoms with Crippen LogP contribution in [0.4, 0.5) is 4.79 Å². The first-order chi connectivity index (χ1) is 9.19. The Morgan fingerprint density at radius 1 is 1.20 bits per heavy atom. The zero-order chi connectivity index (χ0) is 15.0. The van der Waals surface area contributed by atoms with Crippen molar-refractivity contribution in [2.45, 2.75) is 59.0 Å². The normalized spacial score (nSPS) is 21.4. The smallest absolute Gasteiger partial charge is 0.410 e. The van der Waals surface area contributed by atoms with Gasteiger partial charge in [0.2, 0.25) is 0 Å². The average molecular weight is 279 g/mol. The second-order valence-electron chi connectivity index (χ2n) is 7.23. The highest BCUT2D eigenvalue weighted by molar-refractivity contribution is 5.88. The fraction of sp³-hybridized carbons (Fsp3) is 0.750. The molecule has 2 aliphatic rings. The second kappa shape index (κ2) is 5.23. The minimum atomic E-state index is -0.430. The molecule has 20 heavy (non-hydrogen) atoms. The Balaban J connectivity index is 1.82. The van der Waals surface area contributed by atoms with Crippen LogP contribution in [0.15, 0.2) is 11.6 Å². The number of nitrogens with zero attached hydrogens (tertiary/aromatic N) is 1. The maximum atomic E-state index is 12.0. The number of amides is 1. The Morgan fingerprint density at radius 3 is 2.20 bits per heavy atom. The van der Waals surface area contributed by atoms with Crippen molar-refractivity contribution in [3.63, 3.8) is 0 Å². The number of piperidine rings is 1. The highest BCUT2D eigenvalue weighted by Crippen LogP contribution is 2.52. The molecule has 0 atom stereocenters. The number of rotatable bonds is 1. The lowest BCUT2D eigenvalue weighted by atomic mass is 9.60. The van der Waals surface area contributed by atoms with Crippen molar-refractivity contribution in [1.82, 2.24) is 4.90 Å². The Bertz CT molecular complexity index is 427. The van der Waals surface area contributed by atoms with Gasteiger partial charge in [-0.2, -0.15) is 0 Å². The fourth-order valence-corrected chi connectivity index (χ4v) is 3.14. The lowest BCUT2D eigenvalue weighted by Gasteiger charge is -2.49. The molecule has 1 heterocycles. The molecule has 112 valence electrons. The van der Waals surface area contributed by atoms with E-state index >= 15 is 0 Å². The van der Waals surface area contributed by atoms with E-state index in [0.717, 1.165) is 38.8 Å². The first-order valence-electron chi connectivity index (χ1n) is 7.37. The maximum absolute atomic E-state index is 12.0. The lowest BCUT2D eigenvalue weighted by Crippen LogP contribution is -2.48. The van der Waals surface area contributed by atoms with Gasteiger partial charge < -0.3 is 9.64 Å². The summed E-state index contributed by atoms with van der Waals surface area (Å²) in [5, 5.41) is 0. The van der Waals surface area contributed by atoms with Crippen LogP contribution in [0.2, 0.25) is 0 Å². The van der Waals surface area contributed by atoms with Gasteiger partial charge in [-0.05, 0) is 64.9 Å². The van der Waals surface area contributed by atoms with Crippen molar-refractivity contribution >= 4 is 11.9 Å². The van der Waals surface area contributed by atoms with Crippen LogP contribution in [-0.4, -0.2) is 35.5 Å². The summed E-state index contributed by atoms with van der Waals surface area (Å²) < 4.78 is 5.40. The average Bonchev–Trinajstić information content (AvgIpc) is 2.24. The molecule has 1 saturated heterocycles. The Morgan fingerprint density at radius 2 is 1.75 bits per heavy atom. The summed E-state index contributed by atoms with van der Waals surface area (Å²) in [6.07, 6.45) is 5.64. The third-order valence-corrected chi connectivity index (χ3v) is 4.09. The number of likely N-dealkylation sites (tertiary alicyclic amines) is 1. The highest BCUT2D eigenvalue weighted by atomic mass is 16.6. The van der Waals surface area contributed by atoms with Gasteiger partial charge in [0.1, 0.15) is 5.60 Å². The van der Waals surface area contributed by atoms with Crippen molar-refractivity contribution in [3.8, 4) is 0 Å². The summed E-state index contributed by atoms with van der Waals surface area (Å²) in [4.78, 5) is 24.8. The third-order valence-electron chi connectivity index (χ3n) is 4.09. The van der Waals surface area contributed by atoms with E-state index in [1.807, 2.05) is 25.7 Å². The monoisotopic (exact) mass is 279 g/mol. The van der Waals surface area contributed by atoms with Gasteiger partial charge in [0, 0.05) is 13.1 Å². The molecule has 2 rings (SSSR count). The second-order valence-corrected chi connectivity index (χ2v) is 7.23. The van der Waals surface area contributed by atoms with E-state index in [4.69, 9.17) is 4.74 Å². The Kier molecular flexibility index (Phi) is 3.94. The third kappa shape index (κ3) is 3.62. The van der Waals surface area contributed by atoms with E-state index in [9.17, 15) is 9.59 Å². The van der Waals surface area contributed by atoms with Crippen LogP contribution in [0.25, 0.3) is 0 Å². The van der Waals surface area contributed by atoms with Gasteiger partial charge in [0.15, 0.2) is 5.78 Å². The number of hydrogen-bond acceptors (Lipinski definition) is 3. The summed E-state index contributed by atoms with van der Waals surface area (Å²) in [6.45, 7) is 8.80. The predicted molar refractivity (Wildman–Crippen MR) is 77.5 cm³/mol. The number of hydrogen-bond donors (Lipinski definition) is 0. The molecular weight excluding hydrogens is 254 g/mol. The summed E-state index contributed by atoms with van der Waals surface area (Å²) in [6, 6.07) is 0. The van der Waals surface area contributed by atoms with Gasteiger partial charge in [0.05, 0.1) is 0 Å². The van der Waals surface area contributed by atoms with Gasteiger partial charge in [-0.15, -0.1) is 0 Å². The van der Waals surface area contributed by atoms with Crippen molar-refractivity contribution in [2.24, 2.45) is 5.41 Å². The topological polar surface area (TPSA) is 46.6 Å². The summed E-state index contributed by atoms with van der Waals surface area (Å²) in [7, 11) is 0. The van der Waals surface area contributed by atoms with Crippen LogP contribution in [0.3, 0.4) is 0 Å². The molecule has 1 amide bonds. The van der Waals surface area contributed by atoms with E-state index in [-0.39, 0.29) is 11.9 Å². The molecule has 0 bridgehead atoms. The maximum Gasteiger partial charge on any atom is 0.410 e. The molecule has 1 saturated carbocycles. The first-order valence-corrected chi connectivity index (χ1v) is 7.37. The van der Waals surface area contributed by atoms with E-state index in [0.29, 0.717) is 5.41 Å². The number of ether oxygens (including phenoxy) is 1. The van der Waals surface area contributed by atoms with E-state index in [2.05, 4.69) is 0 Å². The fourth-order valence-electron chi connectivity index (χ4n) is 3.14. The van der Waals surface area contributed by atoms with Crippen LogP contribution < -0.4 is 0 Å². The molecule has 0 aromatic heterocycles. The molecule has 0 radical (unpaired) electrons. The molecule has 0 N–H and O–H groups in total. The quantitative estimate of drug-likeness (QED) is 0.692. The Hall–Kier alpha value is -1.32. The molecular formula is C16H25NO3. The highest BCUT2D eigenvalue weighted by Gasteiger charge is 2.43. The molecule has 1 aliphatic heterocycles. The van der Waals surface area contributed by atoms with Crippen molar-refractivity contribution < 1.29 is 14.3 Å². The van der Waals surface area contributed by atoms with E-state index in [1.54, 1.807) is 13.0 Å². The summed E-state index contributed by atoms with van der Waals surface area (Å²) >= 11 is 0. The van der Waals surface area contributed by atoms with Crippen LogP contribution in [0.1, 0.15) is 53.4 Å². The van der Waals surface area contributed by atoms with Gasteiger partial charge >= 0.3 is 6.09 Å². The molecule has 0 aromatic rings. The first kappa shape index (κ1) is 15.1. The molecule has 1 spiro atoms. The molecule has 0 aromatic carbocycles. The molecule has 2 fully saturated rings. The Labute approximate surface area is 121 Å². The van der Waals surface area contributed by atoms with Crippen LogP contribution in [0, 0.1) is 5.41 Å². The summed E-state index contributed by atoms with van der Waals surface area (Å²) in [5.41, 5.74) is 1.17. The van der Waals surface area contributed by atoms with Gasteiger partial charge in [0.25, 0.3) is 0 Å². The molecule has 4 heteroatoms. The molecule has 1 aliphatic carbocycles. The summed E-state index contributed by atoms with van der Waals surface area (Å²) in [5.74, 6) is 0.140. The van der Waals surface area contributed by atoms with Crippen molar-refractivity contribution in [2.75, 3.05) is 13.1 Å². The zero-order valence-electron chi connectivity index (χ0n) is 13.0. The number of carbonyl (C=O) groups is 2. The number of allylic oxidation sites excluding steroid dienone is 2. The molecule has 0 unspecified atom stereocenters. The zero-order valence-corrected chi connectivity index (χ0v) is 13.0. The van der Waals surface area contributed by atoms with Crippen molar-refractivity contribution in [3.05, 3.63) is 11.6 Å². The van der Waals surface area contributed by atoms with E-state index in [1.165, 1.54) is 5.57 Å². The standard InChI is InChI=1S/C16H25NO3/c1-12(18)9-13-10-16(11-13)5-7-17(8-6-16)14(19)20-15(2,3)4/h9H,5-8,10-11H2,1-4H3. The van der Waals surface area contributed by atoms with Crippen molar-refractivity contribution in [1.29, 1.82) is 0 Å². The lowest BCUT2D eigenvalue weighted by molar-refractivity contribution is -0.112. The molecule has 4 nitrogen and oxygen atoms in total. The number of ketones is 1. The SMILES string of the molecule is CC(=O)C=C1CC2(CCN(C(=O)OC(C)(C)C)CC2)C1. The van der Waals surface area contributed by atoms with Crippen LogP contribution >= 0.6 is 0 Å². The van der Waals surface area contributed by atoms with Gasteiger partial charge in [-0.25, -0.2) is 4.79 Å². The van der Waals surface area contributed by atoms with Crippen LogP contribution in [0.5, 0.6) is 0 Å². The van der Waals surface area contributed by atoms with Gasteiger partial charge in [-0.1, -0.05) is 5.57 Å². The predicted octanol–water partition coefficient (Wildman–Crippen LogP) is 3.31. The van der Waals surface area contributed by atoms with Crippen LogP contribution in [-0.2, 0) is 9.53 Å². The number of carbonyl (C=O) groups excluding carboxylic acids is 2.